The molecule has 0 aromatic heterocycles. The molecule has 0 heterocycles. The fraction of sp³-hybridized carbons (Fsp3) is 0.111. The van der Waals surface area contributed by atoms with Crippen molar-refractivity contribution < 1.29 is 0 Å². The van der Waals surface area contributed by atoms with Gasteiger partial charge in [-0.25, -0.2) is 0 Å². The van der Waals surface area contributed by atoms with Crippen molar-refractivity contribution in [3.05, 3.63) is 251 Å². The van der Waals surface area contributed by atoms with Crippen molar-refractivity contribution >= 4 is 23.0 Å². The molecule has 2 nitrogen and oxygen atoms in total. The van der Waals surface area contributed by atoms with Crippen LogP contribution in [-0.2, 0) is 0 Å². The summed E-state index contributed by atoms with van der Waals surface area (Å²) in [6, 6.07) is 60.5. The molecule has 3 aliphatic rings. The van der Waals surface area contributed by atoms with E-state index in [9.17, 15) is 0 Å². The Morgan fingerprint density at radius 3 is 1.21 bits per heavy atom. The highest BCUT2D eigenvalue weighted by molar-refractivity contribution is 6.31. The van der Waals surface area contributed by atoms with Crippen molar-refractivity contribution in [3.63, 3.8) is 0 Å². The lowest BCUT2D eigenvalue weighted by Gasteiger charge is -2.37. The number of hydrogen-bond donors (Lipinski definition) is 0. The third kappa shape index (κ3) is 8.01. The number of benzene rings is 6. The maximum absolute atomic E-state index is 7.52. The normalized spacial score (nSPS) is 17.7. The first-order valence-corrected chi connectivity index (χ1v) is 20.4. The van der Waals surface area contributed by atoms with Crippen molar-refractivity contribution in [1.82, 2.24) is 4.90 Å². The molecule has 0 N–H and O–H groups in total. The Kier molecular flexibility index (Phi) is 10.7. The zero-order valence-electron chi connectivity index (χ0n) is 32.0. The van der Waals surface area contributed by atoms with Crippen molar-refractivity contribution in [2.75, 3.05) is 4.90 Å². The lowest BCUT2D eigenvalue weighted by atomic mass is 9.89. The molecule has 6 aromatic carbocycles. The summed E-state index contributed by atoms with van der Waals surface area (Å²) in [4.78, 5) is 4.79. The molecular weight excluding hydrogens is 712 g/mol. The van der Waals surface area contributed by atoms with Crippen LogP contribution in [0.1, 0.15) is 48.6 Å². The van der Waals surface area contributed by atoms with E-state index >= 15 is 0 Å². The molecule has 0 bridgehead atoms. The maximum atomic E-state index is 7.52. The summed E-state index contributed by atoms with van der Waals surface area (Å²) >= 11 is 7.52. The van der Waals surface area contributed by atoms with Crippen molar-refractivity contribution in [2.24, 2.45) is 0 Å². The summed E-state index contributed by atoms with van der Waals surface area (Å²) in [5.41, 5.74) is 14.3. The Morgan fingerprint density at radius 2 is 0.825 bits per heavy atom. The molecule has 0 saturated heterocycles. The summed E-state index contributed by atoms with van der Waals surface area (Å²) in [7, 11) is 0. The minimum Gasteiger partial charge on any atom is -0.314 e. The summed E-state index contributed by atoms with van der Waals surface area (Å²) in [5.74, 6) is 0.708. The maximum Gasteiger partial charge on any atom is 0.0622 e. The molecule has 278 valence electrons. The number of hydrogen-bond acceptors (Lipinski definition) is 2. The number of anilines is 2. The first kappa shape index (κ1) is 36.3. The van der Waals surface area contributed by atoms with Gasteiger partial charge in [0.15, 0.2) is 0 Å². The summed E-state index contributed by atoms with van der Waals surface area (Å²) in [6.45, 7) is 0. The molecule has 0 radical (unpaired) electrons. The molecule has 0 amide bonds. The van der Waals surface area contributed by atoms with Crippen LogP contribution in [0.4, 0.5) is 11.4 Å². The molecular formula is C54H45ClN2. The molecule has 57 heavy (non-hydrogen) atoms. The largest absolute Gasteiger partial charge is 0.314 e. The molecule has 2 unspecified atom stereocenters. The molecule has 6 aromatic rings. The van der Waals surface area contributed by atoms with E-state index in [-0.39, 0.29) is 0 Å². The topological polar surface area (TPSA) is 6.48 Å². The molecule has 2 atom stereocenters. The Labute approximate surface area is 342 Å². The number of halogens is 1. The number of nitrogens with zero attached hydrogens (tertiary/aromatic N) is 2. The van der Waals surface area contributed by atoms with Crippen LogP contribution in [0.3, 0.4) is 0 Å². The first-order chi connectivity index (χ1) is 28.2. The highest BCUT2D eigenvalue weighted by Crippen LogP contribution is 2.43. The zero-order chi connectivity index (χ0) is 38.4. The van der Waals surface area contributed by atoms with Gasteiger partial charge in [0.05, 0.1) is 5.03 Å². The van der Waals surface area contributed by atoms with Gasteiger partial charge in [-0.15, -0.1) is 0 Å². The average molecular weight is 757 g/mol. The van der Waals surface area contributed by atoms with E-state index in [1.807, 2.05) is 0 Å². The zero-order valence-corrected chi connectivity index (χ0v) is 32.7. The van der Waals surface area contributed by atoms with E-state index in [0.717, 1.165) is 47.8 Å². The highest BCUT2D eigenvalue weighted by atomic mass is 35.5. The highest BCUT2D eigenvalue weighted by Gasteiger charge is 2.28. The summed E-state index contributed by atoms with van der Waals surface area (Å²) < 4.78 is 0. The predicted molar refractivity (Wildman–Crippen MR) is 240 cm³/mol. The van der Waals surface area contributed by atoms with Crippen LogP contribution in [0.15, 0.2) is 240 Å². The van der Waals surface area contributed by atoms with E-state index in [2.05, 4.69) is 222 Å². The van der Waals surface area contributed by atoms with Crippen molar-refractivity contribution in [2.45, 2.75) is 37.5 Å². The summed E-state index contributed by atoms with van der Waals surface area (Å²) in [6.07, 6.45) is 19.8. The van der Waals surface area contributed by atoms with Crippen molar-refractivity contribution in [3.8, 4) is 22.3 Å². The molecule has 0 fully saturated rings. The minimum atomic E-state index is 0.354. The van der Waals surface area contributed by atoms with Crippen LogP contribution < -0.4 is 4.90 Å². The molecule has 0 saturated carbocycles. The lowest BCUT2D eigenvalue weighted by molar-refractivity contribution is 0.509. The SMILES string of the molecule is ClC1=C(N(C2=CCC(c3ccccc3)C=C2)C2=CCC(c3ccccc3)C=C2)CCC(N(c2ccc(-c3ccccc3)cc2)c2ccc(-c3ccccc3)cc2)=C1. The number of allylic oxidation sites excluding steroid dienone is 10. The van der Waals surface area contributed by atoms with Crippen LogP contribution in [0.5, 0.6) is 0 Å². The van der Waals surface area contributed by atoms with Gasteiger partial charge >= 0.3 is 0 Å². The second-order valence-electron chi connectivity index (χ2n) is 14.9. The Morgan fingerprint density at radius 1 is 0.421 bits per heavy atom. The van der Waals surface area contributed by atoms with Gasteiger partial charge < -0.3 is 9.80 Å². The Balaban J connectivity index is 1.08. The fourth-order valence-corrected chi connectivity index (χ4v) is 8.62. The van der Waals surface area contributed by atoms with Gasteiger partial charge in [0.25, 0.3) is 0 Å². The fourth-order valence-electron chi connectivity index (χ4n) is 8.32. The summed E-state index contributed by atoms with van der Waals surface area (Å²) in [5, 5.41) is 0.766. The van der Waals surface area contributed by atoms with Crippen LogP contribution in [-0.4, -0.2) is 4.90 Å². The monoisotopic (exact) mass is 756 g/mol. The molecule has 9 rings (SSSR count). The van der Waals surface area contributed by atoms with E-state index in [1.54, 1.807) is 0 Å². The Hall–Kier alpha value is -6.35. The molecule has 3 aliphatic carbocycles. The van der Waals surface area contributed by atoms with Gasteiger partial charge in [-0.3, -0.25) is 0 Å². The predicted octanol–water partition coefficient (Wildman–Crippen LogP) is 14.8. The molecule has 3 heteroatoms. The molecule has 0 aliphatic heterocycles. The van der Waals surface area contributed by atoms with E-state index in [1.165, 1.54) is 50.5 Å². The smallest absolute Gasteiger partial charge is 0.0622 e. The average Bonchev–Trinajstić information content (AvgIpc) is 3.29. The van der Waals surface area contributed by atoms with Crippen LogP contribution in [0.2, 0.25) is 0 Å². The van der Waals surface area contributed by atoms with Gasteiger partial charge in [-0.05, 0) is 102 Å². The molecule has 0 spiro atoms. The quantitative estimate of drug-likeness (QED) is 0.137. The van der Waals surface area contributed by atoms with E-state index in [4.69, 9.17) is 11.6 Å². The third-order valence-electron chi connectivity index (χ3n) is 11.3. The third-order valence-corrected chi connectivity index (χ3v) is 11.7. The van der Waals surface area contributed by atoms with Crippen molar-refractivity contribution in [1.29, 1.82) is 0 Å². The van der Waals surface area contributed by atoms with Crippen LogP contribution in [0, 0.1) is 0 Å². The minimum absolute atomic E-state index is 0.354. The lowest BCUT2D eigenvalue weighted by Crippen LogP contribution is -2.26. The van der Waals surface area contributed by atoms with Crippen LogP contribution in [0.25, 0.3) is 22.3 Å². The number of rotatable bonds is 10. The second kappa shape index (κ2) is 16.8. The standard InChI is InChI=1S/C54H45ClN2/c55-53-39-52(56(48-29-21-44(22-30-48)40-13-5-1-6-14-40)49-31-23-45(24-32-49)41-15-7-2-8-16-41)37-38-54(53)57(50-33-25-46(26-34-50)42-17-9-3-10-18-42)51-35-27-47(28-36-51)43-19-11-4-12-20-43/h1-25,27,29-36,39,46-47H,26,28,37-38H2. The van der Waals surface area contributed by atoms with Gasteiger partial charge in [0, 0.05) is 46.0 Å². The van der Waals surface area contributed by atoms with Gasteiger partial charge in [-0.1, -0.05) is 181 Å². The first-order valence-electron chi connectivity index (χ1n) is 20.0. The second-order valence-corrected chi connectivity index (χ2v) is 15.3. The Bertz CT molecular complexity index is 2340. The van der Waals surface area contributed by atoms with Gasteiger partial charge in [0.1, 0.15) is 0 Å². The van der Waals surface area contributed by atoms with Gasteiger partial charge in [-0.2, -0.15) is 0 Å². The van der Waals surface area contributed by atoms with Gasteiger partial charge in [0.2, 0.25) is 0 Å². The van der Waals surface area contributed by atoms with E-state index in [0.29, 0.717) is 11.8 Å². The van der Waals surface area contributed by atoms with Crippen LogP contribution >= 0.6 is 11.6 Å². The van der Waals surface area contributed by atoms with E-state index < -0.39 is 0 Å².